The Balaban J connectivity index is 2.74. The van der Waals surface area contributed by atoms with Gasteiger partial charge in [-0.3, -0.25) is 0 Å². The summed E-state index contributed by atoms with van der Waals surface area (Å²) in [4.78, 5) is 0. The summed E-state index contributed by atoms with van der Waals surface area (Å²) in [6.07, 6.45) is 2.00. The smallest absolute Gasteiger partial charge is 0.126 e. The predicted molar refractivity (Wildman–Crippen MR) is 59.0 cm³/mol. The fraction of sp³-hybridized carbons (Fsp3) is 0.250. The lowest BCUT2D eigenvalue weighted by molar-refractivity contribution is 0.628. The molecule has 2 nitrogen and oxygen atoms in total. The number of halogens is 1. The largest absolute Gasteiger partial charge is 0.381 e. The molecule has 0 aromatic heterocycles. The standard InChI is InChI=1S/C12H13FN2/c1-9(2)3-4-15-12-6-10(8-14)5-11(13)7-12/h3,5-7,15H,4H2,1-2H3. The van der Waals surface area contributed by atoms with Gasteiger partial charge in [-0.1, -0.05) is 11.6 Å². The summed E-state index contributed by atoms with van der Waals surface area (Å²) in [5.41, 5.74) is 2.15. The Morgan fingerprint density at radius 3 is 2.80 bits per heavy atom. The highest BCUT2D eigenvalue weighted by atomic mass is 19.1. The van der Waals surface area contributed by atoms with Gasteiger partial charge in [0, 0.05) is 12.2 Å². The second-order valence-corrected chi connectivity index (χ2v) is 3.50. The molecule has 0 amide bonds. The first-order chi connectivity index (χ1) is 7.11. The van der Waals surface area contributed by atoms with Crippen LogP contribution < -0.4 is 5.32 Å². The van der Waals surface area contributed by atoms with Gasteiger partial charge in [0.15, 0.2) is 0 Å². The molecule has 0 unspecified atom stereocenters. The fourth-order valence-electron chi connectivity index (χ4n) is 1.13. The summed E-state index contributed by atoms with van der Waals surface area (Å²) in [5.74, 6) is -0.395. The maximum Gasteiger partial charge on any atom is 0.126 e. The van der Waals surface area contributed by atoms with Crippen LogP contribution in [0.4, 0.5) is 10.1 Å². The van der Waals surface area contributed by atoms with Crippen molar-refractivity contribution in [3.05, 3.63) is 41.2 Å². The normalized spacial score (nSPS) is 9.20. The van der Waals surface area contributed by atoms with Crippen molar-refractivity contribution in [2.24, 2.45) is 0 Å². The molecule has 1 aromatic rings. The van der Waals surface area contributed by atoms with E-state index in [1.165, 1.54) is 17.7 Å². The Labute approximate surface area is 89.0 Å². The molecular formula is C12H13FN2. The molecule has 0 aliphatic carbocycles. The van der Waals surface area contributed by atoms with Gasteiger partial charge in [0.25, 0.3) is 0 Å². The molecule has 1 aromatic carbocycles. The molecule has 15 heavy (non-hydrogen) atoms. The first-order valence-corrected chi connectivity index (χ1v) is 4.70. The van der Waals surface area contributed by atoms with E-state index in [0.717, 1.165) is 0 Å². The highest BCUT2D eigenvalue weighted by Crippen LogP contribution is 2.13. The summed E-state index contributed by atoms with van der Waals surface area (Å²) in [5, 5.41) is 11.7. The summed E-state index contributed by atoms with van der Waals surface area (Å²) < 4.78 is 13.0. The Morgan fingerprint density at radius 2 is 2.20 bits per heavy atom. The van der Waals surface area contributed by atoms with Gasteiger partial charge in [-0.05, 0) is 32.0 Å². The van der Waals surface area contributed by atoms with Crippen molar-refractivity contribution in [2.45, 2.75) is 13.8 Å². The van der Waals surface area contributed by atoms with Crippen LogP contribution in [0.15, 0.2) is 29.8 Å². The average Bonchev–Trinajstić information content (AvgIpc) is 2.16. The molecule has 0 aliphatic heterocycles. The van der Waals surface area contributed by atoms with Crippen molar-refractivity contribution >= 4 is 5.69 Å². The Morgan fingerprint density at radius 1 is 1.47 bits per heavy atom. The topological polar surface area (TPSA) is 35.8 Å². The van der Waals surface area contributed by atoms with Crippen LogP contribution in [0.2, 0.25) is 0 Å². The van der Waals surface area contributed by atoms with Crippen LogP contribution in [0.25, 0.3) is 0 Å². The van der Waals surface area contributed by atoms with Crippen LogP contribution >= 0.6 is 0 Å². The van der Waals surface area contributed by atoms with Gasteiger partial charge >= 0.3 is 0 Å². The summed E-state index contributed by atoms with van der Waals surface area (Å²) in [7, 11) is 0. The van der Waals surface area contributed by atoms with Gasteiger partial charge in [0.1, 0.15) is 5.82 Å². The van der Waals surface area contributed by atoms with E-state index in [0.29, 0.717) is 17.8 Å². The van der Waals surface area contributed by atoms with Gasteiger partial charge in [-0.25, -0.2) is 4.39 Å². The zero-order valence-electron chi connectivity index (χ0n) is 8.84. The van der Waals surface area contributed by atoms with Gasteiger partial charge in [-0.2, -0.15) is 5.26 Å². The molecule has 0 saturated carbocycles. The molecular weight excluding hydrogens is 191 g/mol. The van der Waals surface area contributed by atoms with E-state index in [4.69, 9.17) is 5.26 Å². The Kier molecular flexibility index (Phi) is 3.87. The van der Waals surface area contributed by atoms with Gasteiger partial charge < -0.3 is 5.32 Å². The second-order valence-electron chi connectivity index (χ2n) is 3.50. The first kappa shape index (κ1) is 11.3. The minimum atomic E-state index is -0.395. The second kappa shape index (κ2) is 5.16. The number of hydrogen-bond acceptors (Lipinski definition) is 2. The van der Waals surface area contributed by atoms with Crippen molar-refractivity contribution in [1.82, 2.24) is 0 Å². The van der Waals surface area contributed by atoms with Gasteiger partial charge in [0.2, 0.25) is 0 Å². The van der Waals surface area contributed by atoms with E-state index in [-0.39, 0.29) is 0 Å². The number of nitrogens with zero attached hydrogens (tertiary/aromatic N) is 1. The van der Waals surface area contributed by atoms with Crippen LogP contribution in [0.1, 0.15) is 19.4 Å². The van der Waals surface area contributed by atoms with E-state index >= 15 is 0 Å². The third-order valence-corrected chi connectivity index (χ3v) is 1.84. The lowest BCUT2D eigenvalue weighted by Crippen LogP contribution is -1.99. The lowest BCUT2D eigenvalue weighted by Gasteiger charge is -2.04. The van der Waals surface area contributed by atoms with Crippen molar-refractivity contribution in [1.29, 1.82) is 5.26 Å². The molecule has 1 rings (SSSR count). The van der Waals surface area contributed by atoms with Gasteiger partial charge in [0.05, 0.1) is 11.6 Å². The van der Waals surface area contributed by atoms with Crippen molar-refractivity contribution in [2.75, 3.05) is 11.9 Å². The summed E-state index contributed by atoms with van der Waals surface area (Å²) in [6.45, 7) is 4.62. The SMILES string of the molecule is CC(C)=CCNc1cc(F)cc(C#N)c1. The molecule has 0 spiro atoms. The third kappa shape index (κ3) is 3.82. The minimum Gasteiger partial charge on any atom is -0.381 e. The van der Waals surface area contributed by atoms with E-state index in [2.05, 4.69) is 5.32 Å². The third-order valence-electron chi connectivity index (χ3n) is 1.84. The molecule has 0 atom stereocenters. The number of nitrogens with one attached hydrogen (secondary N) is 1. The molecule has 1 N–H and O–H groups in total. The van der Waals surface area contributed by atoms with Crippen LogP contribution in [0.3, 0.4) is 0 Å². The number of nitriles is 1. The van der Waals surface area contributed by atoms with Crippen LogP contribution in [-0.2, 0) is 0 Å². The van der Waals surface area contributed by atoms with E-state index in [9.17, 15) is 4.39 Å². The zero-order chi connectivity index (χ0) is 11.3. The summed E-state index contributed by atoms with van der Waals surface area (Å²) >= 11 is 0. The maximum atomic E-state index is 13.0. The highest BCUT2D eigenvalue weighted by Gasteiger charge is 1.98. The van der Waals surface area contributed by atoms with Crippen LogP contribution in [0, 0.1) is 17.1 Å². The van der Waals surface area contributed by atoms with E-state index in [1.807, 2.05) is 26.0 Å². The number of anilines is 1. The highest BCUT2D eigenvalue weighted by molar-refractivity contribution is 5.50. The molecule has 0 heterocycles. The van der Waals surface area contributed by atoms with Crippen molar-refractivity contribution < 1.29 is 4.39 Å². The molecule has 0 fully saturated rings. The molecule has 0 saturated heterocycles. The molecule has 0 aliphatic rings. The molecule has 3 heteroatoms. The number of hydrogen-bond donors (Lipinski definition) is 1. The molecule has 0 bridgehead atoms. The lowest BCUT2D eigenvalue weighted by atomic mass is 10.2. The summed E-state index contributed by atoms with van der Waals surface area (Å²) in [6, 6.07) is 6.13. The monoisotopic (exact) mass is 204 g/mol. The zero-order valence-corrected chi connectivity index (χ0v) is 8.84. The molecule has 0 radical (unpaired) electrons. The quantitative estimate of drug-likeness (QED) is 0.768. The maximum absolute atomic E-state index is 13.0. The first-order valence-electron chi connectivity index (χ1n) is 4.70. The number of benzene rings is 1. The minimum absolute atomic E-state index is 0.328. The van der Waals surface area contributed by atoms with Crippen LogP contribution in [0.5, 0.6) is 0 Å². The Hall–Kier alpha value is -1.82. The number of rotatable bonds is 3. The predicted octanol–water partition coefficient (Wildman–Crippen LogP) is 3.08. The molecule has 78 valence electrons. The van der Waals surface area contributed by atoms with Crippen molar-refractivity contribution in [3.63, 3.8) is 0 Å². The average molecular weight is 204 g/mol. The number of allylic oxidation sites excluding steroid dienone is 1. The van der Waals surface area contributed by atoms with E-state index < -0.39 is 5.82 Å². The van der Waals surface area contributed by atoms with Gasteiger partial charge in [-0.15, -0.1) is 0 Å². The van der Waals surface area contributed by atoms with E-state index in [1.54, 1.807) is 6.07 Å². The van der Waals surface area contributed by atoms with Crippen LogP contribution in [-0.4, -0.2) is 6.54 Å². The Bertz CT molecular complexity index is 412. The fourth-order valence-corrected chi connectivity index (χ4v) is 1.13. The van der Waals surface area contributed by atoms with Crippen molar-refractivity contribution in [3.8, 4) is 6.07 Å².